The van der Waals surface area contributed by atoms with Crippen LogP contribution in [0.1, 0.15) is 27.2 Å². The Bertz CT molecular complexity index is 225. The van der Waals surface area contributed by atoms with E-state index >= 15 is 0 Å². The lowest BCUT2D eigenvalue weighted by Gasteiger charge is -2.45. The number of nitrogens with two attached hydrogens (primary N) is 1. The maximum atomic E-state index is 11.2. The Labute approximate surface area is 86.6 Å². The van der Waals surface area contributed by atoms with Crippen molar-refractivity contribution >= 4 is 5.91 Å². The van der Waals surface area contributed by atoms with Gasteiger partial charge in [-0.2, -0.15) is 0 Å². The lowest BCUT2D eigenvalue weighted by molar-refractivity contribution is -0.125. The quantitative estimate of drug-likeness (QED) is 0.722. The average molecular weight is 198 g/mol. The number of rotatable bonds is 2. The predicted molar refractivity (Wildman–Crippen MR) is 57.7 cm³/mol. The molecular formula is C11H22N2O. The second-order valence-electron chi connectivity index (χ2n) is 5.31. The van der Waals surface area contributed by atoms with Crippen molar-refractivity contribution in [1.82, 2.24) is 4.90 Å². The molecule has 1 aliphatic heterocycles. The minimum absolute atomic E-state index is 0.00120. The summed E-state index contributed by atoms with van der Waals surface area (Å²) in [5.41, 5.74) is 5.57. The molecule has 0 aromatic carbocycles. The van der Waals surface area contributed by atoms with E-state index in [0.717, 1.165) is 19.5 Å². The zero-order chi connectivity index (χ0) is 10.9. The van der Waals surface area contributed by atoms with Gasteiger partial charge >= 0.3 is 0 Å². The molecule has 1 heterocycles. The molecule has 1 aliphatic rings. The summed E-state index contributed by atoms with van der Waals surface area (Å²) >= 11 is 0. The van der Waals surface area contributed by atoms with Crippen molar-refractivity contribution in [2.24, 2.45) is 23.0 Å². The van der Waals surface area contributed by atoms with Gasteiger partial charge < -0.3 is 10.6 Å². The highest BCUT2D eigenvalue weighted by atomic mass is 16.1. The molecule has 3 heteroatoms. The highest BCUT2D eigenvalue weighted by Gasteiger charge is 2.39. The lowest BCUT2D eigenvalue weighted by Crippen LogP contribution is -2.48. The van der Waals surface area contributed by atoms with Crippen molar-refractivity contribution in [1.29, 1.82) is 0 Å². The van der Waals surface area contributed by atoms with Crippen LogP contribution in [0.15, 0.2) is 0 Å². The van der Waals surface area contributed by atoms with Crippen LogP contribution in [-0.4, -0.2) is 30.9 Å². The Balaban J connectivity index is 2.73. The molecule has 82 valence electrons. The number of piperidine rings is 1. The second kappa shape index (κ2) is 3.89. The first-order chi connectivity index (χ1) is 6.34. The number of nitrogens with zero attached hydrogens (tertiary/aromatic N) is 1. The second-order valence-corrected chi connectivity index (χ2v) is 5.31. The largest absolute Gasteiger partial charge is 0.369 e. The summed E-state index contributed by atoms with van der Waals surface area (Å²) in [4.78, 5) is 13.5. The summed E-state index contributed by atoms with van der Waals surface area (Å²) in [7, 11) is 2.13. The number of likely N-dealkylation sites (tertiary alicyclic amines) is 1. The molecule has 0 radical (unpaired) electrons. The number of carbonyl (C=O) groups excluding carboxylic acids is 1. The fraction of sp³-hybridized carbons (Fsp3) is 0.909. The van der Waals surface area contributed by atoms with Gasteiger partial charge in [-0.3, -0.25) is 4.79 Å². The Morgan fingerprint density at radius 3 is 2.57 bits per heavy atom. The van der Waals surface area contributed by atoms with Gasteiger partial charge in [0.15, 0.2) is 0 Å². The van der Waals surface area contributed by atoms with E-state index in [1.165, 1.54) is 0 Å². The molecule has 2 N–H and O–H groups in total. The normalized spacial score (nSPS) is 29.9. The van der Waals surface area contributed by atoms with Crippen LogP contribution in [-0.2, 0) is 4.79 Å². The molecule has 1 amide bonds. The zero-order valence-corrected chi connectivity index (χ0v) is 9.71. The van der Waals surface area contributed by atoms with E-state index in [9.17, 15) is 4.79 Å². The summed E-state index contributed by atoms with van der Waals surface area (Å²) in [6, 6.07) is 0. The Hall–Kier alpha value is -0.570. The molecule has 1 rings (SSSR count). The zero-order valence-electron chi connectivity index (χ0n) is 9.71. The Kier molecular flexibility index (Phi) is 3.20. The SMILES string of the molecule is CC(C(N)=O)C1CCN(C)CC1(C)C. The monoisotopic (exact) mass is 198 g/mol. The van der Waals surface area contributed by atoms with Gasteiger partial charge in [0.1, 0.15) is 0 Å². The van der Waals surface area contributed by atoms with Crippen LogP contribution in [0, 0.1) is 17.3 Å². The minimum atomic E-state index is -0.160. The topological polar surface area (TPSA) is 46.3 Å². The van der Waals surface area contributed by atoms with Gasteiger partial charge in [0.25, 0.3) is 0 Å². The van der Waals surface area contributed by atoms with E-state index in [0.29, 0.717) is 5.92 Å². The number of hydrogen-bond acceptors (Lipinski definition) is 2. The van der Waals surface area contributed by atoms with Crippen LogP contribution >= 0.6 is 0 Å². The van der Waals surface area contributed by atoms with Crippen molar-refractivity contribution in [3.63, 3.8) is 0 Å². The first-order valence-corrected chi connectivity index (χ1v) is 5.32. The molecule has 14 heavy (non-hydrogen) atoms. The molecule has 3 nitrogen and oxygen atoms in total. The van der Waals surface area contributed by atoms with Crippen LogP contribution in [0.3, 0.4) is 0 Å². The van der Waals surface area contributed by atoms with E-state index in [-0.39, 0.29) is 17.2 Å². The van der Waals surface area contributed by atoms with Crippen LogP contribution in [0.5, 0.6) is 0 Å². The highest BCUT2D eigenvalue weighted by Crippen LogP contribution is 2.38. The molecule has 0 aliphatic carbocycles. The lowest BCUT2D eigenvalue weighted by atomic mass is 9.68. The van der Waals surface area contributed by atoms with Gasteiger partial charge in [-0.05, 0) is 31.3 Å². The number of carbonyl (C=O) groups is 1. The van der Waals surface area contributed by atoms with E-state index in [1.807, 2.05) is 6.92 Å². The predicted octanol–water partition coefficient (Wildman–Crippen LogP) is 1.09. The Morgan fingerprint density at radius 2 is 2.14 bits per heavy atom. The highest BCUT2D eigenvalue weighted by molar-refractivity contribution is 5.76. The fourth-order valence-corrected chi connectivity index (χ4v) is 2.77. The maximum Gasteiger partial charge on any atom is 0.220 e. The van der Waals surface area contributed by atoms with Crippen molar-refractivity contribution in [2.75, 3.05) is 20.1 Å². The van der Waals surface area contributed by atoms with Crippen LogP contribution in [0.4, 0.5) is 0 Å². The summed E-state index contributed by atoms with van der Waals surface area (Å²) < 4.78 is 0. The van der Waals surface area contributed by atoms with Crippen molar-refractivity contribution in [2.45, 2.75) is 27.2 Å². The molecular weight excluding hydrogens is 176 g/mol. The third kappa shape index (κ3) is 2.27. The van der Waals surface area contributed by atoms with Crippen molar-refractivity contribution in [3.8, 4) is 0 Å². The van der Waals surface area contributed by atoms with Crippen molar-refractivity contribution < 1.29 is 4.79 Å². The van der Waals surface area contributed by atoms with Gasteiger partial charge in [0, 0.05) is 12.5 Å². The smallest absolute Gasteiger partial charge is 0.220 e. The van der Waals surface area contributed by atoms with Gasteiger partial charge in [-0.25, -0.2) is 0 Å². The molecule has 0 saturated carbocycles. The van der Waals surface area contributed by atoms with E-state index in [1.54, 1.807) is 0 Å². The van der Waals surface area contributed by atoms with Crippen LogP contribution in [0.25, 0.3) is 0 Å². The molecule has 0 bridgehead atoms. The van der Waals surface area contributed by atoms with E-state index < -0.39 is 0 Å². The van der Waals surface area contributed by atoms with Gasteiger partial charge in [0.05, 0.1) is 0 Å². The standard InChI is InChI=1S/C11H22N2O/c1-8(10(12)14)9-5-6-13(4)7-11(9,2)3/h8-9H,5-7H2,1-4H3,(H2,12,14). The van der Waals surface area contributed by atoms with Gasteiger partial charge in [-0.15, -0.1) is 0 Å². The first-order valence-electron chi connectivity index (χ1n) is 5.32. The molecule has 0 aromatic heterocycles. The third-order valence-corrected chi connectivity index (χ3v) is 3.56. The molecule has 2 atom stereocenters. The van der Waals surface area contributed by atoms with Gasteiger partial charge in [-0.1, -0.05) is 20.8 Å². The molecule has 1 saturated heterocycles. The first kappa shape index (κ1) is 11.5. The van der Waals surface area contributed by atoms with Crippen LogP contribution < -0.4 is 5.73 Å². The third-order valence-electron chi connectivity index (χ3n) is 3.56. The van der Waals surface area contributed by atoms with E-state index in [2.05, 4.69) is 25.8 Å². The summed E-state index contributed by atoms with van der Waals surface area (Å²) in [5.74, 6) is 0.266. The molecule has 2 unspecified atom stereocenters. The summed E-state index contributed by atoms with van der Waals surface area (Å²) in [5, 5.41) is 0. The average Bonchev–Trinajstić information content (AvgIpc) is 2.01. The number of hydrogen-bond donors (Lipinski definition) is 1. The maximum absolute atomic E-state index is 11.2. The van der Waals surface area contributed by atoms with Gasteiger partial charge in [0.2, 0.25) is 5.91 Å². The fourth-order valence-electron chi connectivity index (χ4n) is 2.77. The summed E-state index contributed by atoms with van der Waals surface area (Å²) in [6.07, 6.45) is 1.08. The molecule has 0 spiro atoms. The minimum Gasteiger partial charge on any atom is -0.369 e. The summed E-state index contributed by atoms with van der Waals surface area (Å²) in [6.45, 7) is 8.54. The Morgan fingerprint density at radius 1 is 1.57 bits per heavy atom. The van der Waals surface area contributed by atoms with E-state index in [4.69, 9.17) is 5.73 Å². The number of primary amides is 1. The molecule has 0 aromatic rings. The number of amides is 1. The van der Waals surface area contributed by atoms with Crippen molar-refractivity contribution in [3.05, 3.63) is 0 Å². The van der Waals surface area contributed by atoms with Crippen LogP contribution in [0.2, 0.25) is 0 Å². The molecule has 1 fully saturated rings.